The van der Waals surface area contributed by atoms with Crippen molar-refractivity contribution in [2.24, 2.45) is 18.0 Å². The molecular weight excluding hydrogens is 138 g/mol. The normalized spacial score (nSPS) is 31.4. The van der Waals surface area contributed by atoms with Crippen molar-refractivity contribution in [3.8, 4) is 0 Å². The SMILES string of the molecule is Cn1cnc2c1C1CC1C=N2. The van der Waals surface area contributed by atoms with Crippen LogP contribution in [-0.4, -0.2) is 15.8 Å². The van der Waals surface area contributed by atoms with E-state index < -0.39 is 0 Å². The molecule has 3 heteroatoms. The molecule has 1 aromatic rings. The first-order chi connectivity index (χ1) is 5.36. The molecule has 0 spiro atoms. The highest BCUT2D eigenvalue weighted by Gasteiger charge is 2.43. The lowest BCUT2D eigenvalue weighted by Crippen LogP contribution is -1.97. The maximum absolute atomic E-state index is 4.28. The molecule has 1 aliphatic heterocycles. The van der Waals surface area contributed by atoms with Crippen molar-refractivity contribution in [3.63, 3.8) is 0 Å². The first kappa shape index (κ1) is 5.52. The molecule has 2 unspecified atom stereocenters. The van der Waals surface area contributed by atoms with Gasteiger partial charge in [0, 0.05) is 25.1 Å². The van der Waals surface area contributed by atoms with E-state index in [0.717, 1.165) is 17.7 Å². The Morgan fingerprint density at radius 2 is 2.55 bits per heavy atom. The standard InChI is InChI=1S/C8H9N3/c1-11-4-10-8-7(11)6-2-5(6)3-9-8/h3-6H,2H2,1H3. The summed E-state index contributed by atoms with van der Waals surface area (Å²) >= 11 is 0. The second-order valence-corrected chi connectivity index (χ2v) is 3.35. The largest absolute Gasteiger partial charge is 0.335 e. The van der Waals surface area contributed by atoms with E-state index in [1.165, 1.54) is 12.1 Å². The third-order valence-electron chi connectivity index (χ3n) is 2.54. The van der Waals surface area contributed by atoms with Gasteiger partial charge in [0.2, 0.25) is 0 Å². The summed E-state index contributed by atoms with van der Waals surface area (Å²) in [5, 5.41) is 0. The highest BCUT2D eigenvalue weighted by Crippen LogP contribution is 2.51. The third kappa shape index (κ3) is 0.582. The topological polar surface area (TPSA) is 30.2 Å². The van der Waals surface area contributed by atoms with Crippen LogP contribution in [0.25, 0.3) is 0 Å². The summed E-state index contributed by atoms with van der Waals surface area (Å²) in [6.45, 7) is 0. The lowest BCUT2D eigenvalue weighted by Gasteiger charge is -2.04. The maximum Gasteiger partial charge on any atom is 0.173 e. The minimum Gasteiger partial charge on any atom is -0.335 e. The van der Waals surface area contributed by atoms with Gasteiger partial charge in [0.1, 0.15) is 0 Å². The number of imidazole rings is 1. The fraction of sp³-hybridized carbons (Fsp3) is 0.500. The number of hydrogen-bond donors (Lipinski definition) is 0. The Labute approximate surface area is 64.8 Å². The molecule has 0 amide bonds. The molecule has 1 fully saturated rings. The number of hydrogen-bond acceptors (Lipinski definition) is 2. The summed E-state index contributed by atoms with van der Waals surface area (Å²) < 4.78 is 2.09. The lowest BCUT2D eigenvalue weighted by molar-refractivity contribution is 0.813. The molecule has 3 rings (SSSR count). The van der Waals surface area contributed by atoms with Crippen LogP contribution in [0.1, 0.15) is 18.0 Å². The molecule has 1 aromatic heterocycles. The summed E-state index contributed by atoms with van der Waals surface area (Å²) in [6, 6.07) is 0. The van der Waals surface area contributed by atoms with Crippen molar-refractivity contribution < 1.29 is 0 Å². The fourth-order valence-corrected chi connectivity index (χ4v) is 1.81. The quantitative estimate of drug-likeness (QED) is 0.543. The number of rotatable bonds is 0. The van der Waals surface area contributed by atoms with Crippen LogP contribution >= 0.6 is 0 Å². The monoisotopic (exact) mass is 147 g/mol. The number of fused-ring (bicyclic) bond motifs is 3. The fourth-order valence-electron chi connectivity index (χ4n) is 1.81. The van der Waals surface area contributed by atoms with Gasteiger partial charge in [-0.25, -0.2) is 9.98 Å². The summed E-state index contributed by atoms with van der Waals surface area (Å²) in [4.78, 5) is 8.48. The van der Waals surface area contributed by atoms with Crippen LogP contribution in [0.3, 0.4) is 0 Å². The summed E-state index contributed by atoms with van der Waals surface area (Å²) in [5.74, 6) is 2.39. The zero-order valence-electron chi connectivity index (χ0n) is 6.36. The average Bonchev–Trinajstić information content (AvgIpc) is 2.71. The summed E-state index contributed by atoms with van der Waals surface area (Å²) in [6.07, 6.45) is 5.17. The highest BCUT2D eigenvalue weighted by atomic mass is 15.1. The van der Waals surface area contributed by atoms with Crippen LogP contribution in [0, 0.1) is 5.92 Å². The summed E-state index contributed by atoms with van der Waals surface area (Å²) in [7, 11) is 2.04. The highest BCUT2D eigenvalue weighted by molar-refractivity contribution is 5.74. The first-order valence-corrected chi connectivity index (χ1v) is 3.91. The molecule has 2 atom stereocenters. The molecule has 1 aliphatic carbocycles. The molecule has 1 saturated carbocycles. The van der Waals surface area contributed by atoms with E-state index in [1.807, 2.05) is 19.6 Å². The Balaban J connectivity index is 2.27. The van der Waals surface area contributed by atoms with Gasteiger partial charge in [-0.2, -0.15) is 0 Å². The zero-order valence-corrected chi connectivity index (χ0v) is 6.36. The number of aliphatic imine (C=N–C) groups is 1. The Bertz CT molecular complexity index is 337. The van der Waals surface area contributed by atoms with E-state index in [0.29, 0.717) is 0 Å². The molecule has 11 heavy (non-hydrogen) atoms. The molecule has 2 aliphatic rings. The van der Waals surface area contributed by atoms with Crippen molar-refractivity contribution >= 4 is 12.0 Å². The predicted octanol–water partition coefficient (Wildman–Crippen LogP) is 1.24. The van der Waals surface area contributed by atoms with Crippen molar-refractivity contribution in [2.75, 3.05) is 0 Å². The Morgan fingerprint density at radius 1 is 1.64 bits per heavy atom. The molecule has 0 N–H and O–H groups in total. The van der Waals surface area contributed by atoms with E-state index in [1.54, 1.807) is 0 Å². The van der Waals surface area contributed by atoms with Crippen LogP contribution in [0.15, 0.2) is 11.3 Å². The van der Waals surface area contributed by atoms with Gasteiger partial charge in [-0.1, -0.05) is 0 Å². The van der Waals surface area contributed by atoms with Gasteiger partial charge in [-0.05, 0) is 6.42 Å². The van der Waals surface area contributed by atoms with Gasteiger partial charge in [-0.3, -0.25) is 0 Å². The molecule has 56 valence electrons. The van der Waals surface area contributed by atoms with Crippen LogP contribution in [0.5, 0.6) is 0 Å². The van der Waals surface area contributed by atoms with E-state index in [4.69, 9.17) is 0 Å². The molecule has 0 radical (unpaired) electrons. The number of aryl methyl sites for hydroxylation is 1. The summed E-state index contributed by atoms with van der Waals surface area (Å²) in [5.41, 5.74) is 1.33. The van der Waals surface area contributed by atoms with E-state index >= 15 is 0 Å². The van der Waals surface area contributed by atoms with Gasteiger partial charge in [-0.15, -0.1) is 0 Å². The molecule has 0 bridgehead atoms. The number of aromatic nitrogens is 2. The molecule has 0 saturated heterocycles. The van der Waals surface area contributed by atoms with Crippen molar-refractivity contribution in [1.29, 1.82) is 0 Å². The molecule has 0 aromatic carbocycles. The van der Waals surface area contributed by atoms with E-state index in [2.05, 4.69) is 14.5 Å². The smallest absolute Gasteiger partial charge is 0.173 e. The second-order valence-electron chi connectivity index (χ2n) is 3.35. The maximum atomic E-state index is 4.28. The van der Waals surface area contributed by atoms with Gasteiger partial charge in [0.15, 0.2) is 5.82 Å². The van der Waals surface area contributed by atoms with Crippen LogP contribution in [0.4, 0.5) is 5.82 Å². The minimum absolute atomic E-state index is 0.720. The van der Waals surface area contributed by atoms with Crippen LogP contribution in [-0.2, 0) is 7.05 Å². The van der Waals surface area contributed by atoms with E-state index in [-0.39, 0.29) is 0 Å². The molecule has 2 heterocycles. The van der Waals surface area contributed by atoms with Crippen LogP contribution in [0.2, 0.25) is 0 Å². The Kier molecular flexibility index (Phi) is 0.776. The minimum atomic E-state index is 0.720. The van der Waals surface area contributed by atoms with Crippen molar-refractivity contribution in [3.05, 3.63) is 12.0 Å². The second kappa shape index (κ2) is 1.55. The van der Waals surface area contributed by atoms with Crippen LogP contribution < -0.4 is 0 Å². The Morgan fingerprint density at radius 3 is 3.45 bits per heavy atom. The van der Waals surface area contributed by atoms with Crippen molar-refractivity contribution in [1.82, 2.24) is 9.55 Å². The molecule has 3 nitrogen and oxygen atoms in total. The van der Waals surface area contributed by atoms with Gasteiger partial charge >= 0.3 is 0 Å². The predicted molar refractivity (Wildman–Crippen MR) is 42.2 cm³/mol. The molecular formula is C8H9N3. The number of nitrogens with zero attached hydrogens (tertiary/aromatic N) is 3. The zero-order chi connectivity index (χ0) is 7.42. The third-order valence-corrected chi connectivity index (χ3v) is 2.54. The van der Waals surface area contributed by atoms with Gasteiger partial charge < -0.3 is 4.57 Å². The first-order valence-electron chi connectivity index (χ1n) is 3.91. The van der Waals surface area contributed by atoms with Crippen molar-refractivity contribution in [2.45, 2.75) is 12.3 Å². The van der Waals surface area contributed by atoms with E-state index in [9.17, 15) is 0 Å². The lowest BCUT2D eigenvalue weighted by atomic mass is 10.2. The average molecular weight is 147 g/mol. The Hall–Kier alpha value is -1.12. The van der Waals surface area contributed by atoms with Gasteiger partial charge in [0.05, 0.1) is 12.0 Å². The van der Waals surface area contributed by atoms with Gasteiger partial charge in [0.25, 0.3) is 0 Å².